The van der Waals surface area contributed by atoms with Crippen molar-refractivity contribution in [1.82, 2.24) is 0 Å². The van der Waals surface area contributed by atoms with Gasteiger partial charge in [-0.3, -0.25) is 4.79 Å². The molecule has 1 aliphatic carbocycles. The molecule has 0 aliphatic heterocycles. The van der Waals surface area contributed by atoms with Gasteiger partial charge >= 0.3 is 0 Å². The molecule has 0 saturated heterocycles. The van der Waals surface area contributed by atoms with Gasteiger partial charge in [-0.15, -0.1) is 0 Å². The molecule has 3 nitrogen and oxygen atoms in total. The maximum atomic E-state index is 10.4. The summed E-state index contributed by atoms with van der Waals surface area (Å²) in [5, 5.41) is 0. The fraction of sp³-hybridized carbons (Fsp3) is 0.188. The largest absolute Gasteiger partial charge is 0.467 e. The van der Waals surface area contributed by atoms with E-state index in [1.54, 1.807) is 0 Å². The summed E-state index contributed by atoms with van der Waals surface area (Å²) in [5.41, 5.74) is 9.50. The normalized spacial score (nSPS) is 11.9. The molecule has 0 spiro atoms. The van der Waals surface area contributed by atoms with Gasteiger partial charge < -0.3 is 10.5 Å². The van der Waals surface area contributed by atoms with E-state index in [2.05, 4.69) is 30.0 Å². The summed E-state index contributed by atoms with van der Waals surface area (Å²) >= 11 is 0. The minimum atomic E-state index is 0.174. The number of rotatable bonds is 3. The molecule has 0 fully saturated rings. The second-order valence-electron chi connectivity index (χ2n) is 4.16. The van der Waals surface area contributed by atoms with E-state index in [1.165, 1.54) is 29.3 Å². The van der Waals surface area contributed by atoms with Gasteiger partial charge in [0.05, 0.1) is 0 Å². The van der Waals surface area contributed by atoms with Crippen LogP contribution >= 0.6 is 0 Å². The molecule has 19 heavy (non-hydrogen) atoms. The zero-order valence-corrected chi connectivity index (χ0v) is 10.9. The second-order valence-corrected chi connectivity index (χ2v) is 4.16. The fourth-order valence-corrected chi connectivity index (χ4v) is 2.57. The maximum absolute atomic E-state index is 10.4. The van der Waals surface area contributed by atoms with E-state index in [0.29, 0.717) is 13.1 Å². The first-order valence-corrected chi connectivity index (χ1v) is 6.23. The van der Waals surface area contributed by atoms with Crippen LogP contribution < -0.4 is 5.73 Å². The molecule has 2 N–H and O–H groups in total. The molecule has 2 aromatic carbocycles. The van der Waals surface area contributed by atoms with E-state index in [1.807, 2.05) is 24.3 Å². The van der Waals surface area contributed by atoms with Crippen LogP contribution in [0.4, 0.5) is 0 Å². The Hall–Kier alpha value is -2.13. The van der Waals surface area contributed by atoms with Crippen LogP contribution in [0.2, 0.25) is 0 Å². The molecule has 0 unspecified atom stereocenters. The average molecular weight is 255 g/mol. The van der Waals surface area contributed by atoms with Crippen LogP contribution in [0.3, 0.4) is 0 Å². The summed E-state index contributed by atoms with van der Waals surface area (Å²) in [6.45, 7) is 0.932. The summed E-state index contributed by atoms with van der Waals surface area (Å²) < 4.78 is 4.95. The van der Waals surface area contributed by atoms with Crippen LogP contribution in [0.15, 0.2) is 48.5 Å². The molecular weight excluding hydrogens is 238 g/mol. The fourth-order valence-electron chi connectivity index (χ4n) is 2.57. The van der Waals surface area contributed by atoms with Crippen molar-refractivity contribution in [1.29, 1.82) is 0 Å². The predicted molar refractivity (Wildman–Crippen MR) is 75.8 cm³/mol. The Labute approximate surface area is 113 Å². The van der Waals surface area contributed by atoms with Crippen LogP contribution in [-0.4, -0.2) is 20.1 Å². The van der Waals surface area contributed by atoms with Gasteiger partial charge in [0.25, 0.3) is 6.47 Å². The van der Waals surface area contributed by atoms with E-state index in [9.17, 15) is 4.79 Å². The zero-order valence-electron chi connectivity index (χ0n) is 10.9. The molecule has 0 amide bonds. The van der Waals surface area contributed by atoms with Gasteiger partial charge in [0.2, 0.25) is 0 Å². The first kappa shape index (κ1) is 13.3. The van der Waals surface area contributed by atoms with E-state index in [-0.39, 0.29) is 5.92 Å². The van der Waals surface area contributed by atoms with Gasteiger partial charge in [-0.1, -0.05) is 48.5 Å². The molecule has 0 bridgehead atoms. The first-order chi connectivity index (χ1) is 9.42. The third-order valence-electron chi connectivity index (χ3n) is 3.29. The van der Waals surface area contributed by atoms with Gasteiger partial charge in [-0.25, -0.2) is 0 Å². The Morgan fingerprint density at radius 2 is 1.47 bits per heavy atom. The van der Waals surface area contributed by atoms with Crippen LogP contribution in [0.1, 0.15) is 17.0 Å². The second kappa shape index (κ2) is 6.16. The molecule has 2 aromatic rings. The smallest absolute Gasteiger partial charge is 0.293 e. The van der Waals surface area contributed by atoms with Crippen molar-refractivity contribution in [3.8, 4) is 11.1 Å². The number of fused-ring (bicyclic) bond motifs is 3. The van der Waals surface area contributed by atoms with Crippen molar-refractivity contribution in [2.45, 2.75) is 5.92 Å². The summed E-state index contributed by atoms with van der Waals surface area (Å²) in [7, 11) is 1.50. The number of benzene rings is 2. The lowest BCUT2D eigenvalue weighted by atomic mass is 9.98. The van der Waals surface area contributed by atoms with Crippen molar-refractivity contribution in [3.63, 3.8) is 0 Å². The lowest BCUT2D eigenvalue weighted by molar-refractivity contribution is -0.128. The average Bonchev–Trinajstić information content (AvgIpc) is 2.82. The van der Waals surface area contributed by atoms with E-state index < -0.39 is 0 Å². The molecular formula is C16H17NO2. The van der Waals surface area contributed by atoms with Gasteiger partial charge in [0.15, 0.2) is 0 Å². The Morgan fingerprint density at radius 1 is 1.00 bits per heavy atom. The van der Waals surface area contributed by atoms with Gasteiger partial charge in [0, 0.05) is 5.92 Å². The molecule has 0 radical (unpaired) electrons. The van der Waals surface area contributed by atoms with E-state index in [4.69, 9.17) is 4.74 Å². The highest BCUT2D eigenvalue weighted by Gasteiger charge is 2.28. The summed E-state index contributed by atoms with van der Waals surface area (Å²) in [6.07, 6.45) is 0. The van der Waals surface area contributed by atoms with Crippen molar-refractivity contribution in [2.75, 3.05) is 13.7 Å². The van der Waals surface area contributed by atoms with Crippen LogP contribution in [0.25, 0.3) is 11.1 Å². The molecule has 0 atom stereocenters. The molecule has 3 heteroatoms. The quantitative estimate of drug-likeness (QED) is 0.857. The molecule has 98 valence electrons. The van der Waals surface area contributed by atoms with Gasteiger partial charge in [0.1, 0.15) is 6.61 Å². The minimum absolute atomic E-state index is 0.174. The summed E-state index contributed by atoms with van der Waals surface area (Å²) in [6, 6.07) is 16.6. The lowest BCUT2D eigenvalue weighted by Crippen LogP contribution is -2.05. The van der Waals surface area contributed by atoms with Gasteiger partial charge in [-0.2, -0.15) is 0 Å². The molecule has 0 saturated carbocycles. The van der Waals surface area contributed by atoms with Crippen LogP contribution in [0, 0.1) is 0 Å². The van der Waals surface area contributed by atoms with Gasteiger partial charge in [-0.05, 0) is 29.3 Å². The SMILES string of the molecule is CN.O=COCC1c2ccccc2-c2ccccc21. The number of carbonyl (C=O) groups excluding carboxylic acids is 1. The van der Waals surface area contributed by atoms with Crippen molar-refractivity contribution < 1.29 is 9.53 Å². The topological polar surface area (TPSA) is 52.3 Å². The highest BCUT2D eigenvalue weighted by atomic mass is 16.5. The number of hydrogen-bond acceptors (Lipinski definition) is 3. The Balaban J connectivity index is 0.000000637. The first-order valence-electron chi connectivity index (χ1n) is 6.23. The van der Waals surface area contributed by atoms with Crippen LogP contribution in [-0.2, 0) is 9.53 Å². The van der Waals surface area contributed by atoms with E-state index in [0.717, 1.165) is 0 Å². The Bertz CT molecular complexity index is 521. The third kappa shape index (κ3) is 2.37. The molecule has 0 heterocycles. The monoisotopic (exact) mass is 255 g/mol. The lowest BCUT2D eigenvalue weighted by Gasteiger charge is -2.11. The van der Waals surface area contributed by atoms with Crippen molar-refractivity contribution >= 4 is 6.47 Å². The maximum Gasteiger partial charge on any atom is 0.293 e. The van der Waals surface area contributed by atoms with Crippen molar-refractivity contribution in [2.24, 2.45) is 5.73 Å². The van der Waals surface area contributed by atoms with Crippen LogP contribution in [0.5, 0.6) is 0 Å². The Morgan fingerprint density at radius 3 is 1.95 bits per heavy atom. The highest BCUT2D eigenvalue weighted by Crippen LogP contribution is 2.44. The highest BCUT2D eigenvalue weighted by molar-refractivity contribution is 5.78. The van der Waals surface area contributed by atoms with Crippen molar-refractivity contribution in [3.05, 3.63) is 59.7 Å². The summed E-state index contributed by atoms with van der Waals surface area (Å²) in [4.78, 5) is 10.4. The number of nitrogens with two attached hydrogens (primary N) is 1. The standard InChI is InChI=1S/C15H12O2.CH5N/c16-10-17-9-15-13-7-3-1-5-11(13)12-6-2-4-8-14(12)15;1-2/h1-8,10,15H,9H2;2H2,1H3. The molecule has 1 aliphatic rings. The number of ether oxygens (including phenoxy) is 1. The van der Waals surface area contributed by atoms with E-state index >= 15 is 0 Å². The Kier molecular flexibility index (Phi) is 4.31. The minimum Gasteiger partial charge on any atom is -0.467 e. The number of carbonyl (C=O) groups is 1. The zero-order chi connectivity index (χ0) is 13.7. The number of hydrogen-bond donors (Lipinski definition) is 1. The summed E-state index contributed by atoms with van der Waals surface area (Å²) in [5.74, 6) is 0.174. The molecule has 0 aromatic heterocycles. The molecule has 3 rings (SSSR count). The third-order valence-corrected chi connectivity index (χ3v) is 3.29. The predicted octanol–water partition coefficient (Wildman–Crippen LogP) is 2.55.